The fourth-order valence-corrected chi connectivity index (χ4v) is 4.05. The smallest absolute Gasteiger partial charge is 0.0646 e. The molecule has 1 nitrogen and oxygen atoms in total. The Labute approximate surface area is 131 Å². The maximum atomic E-state index is 6.45. The van der Waals surface area contributed by atoms with Gasteiger partial charge in [-0.25, -0.2) is 0 Å². The molecule has 0 bridgehead atoms. The van der Waals surface area contributed by atoms with E-state index < -0.39 is 0 Å². The van der Waals surface area contributed by atoms with Crippen LogP contribution in [0.5, 0.6) is 0 Å². The zero-order valence-corrected chi connectivity index (χ0v) is 14.5. The third kappa shape index (κ3) is 4.98. The molecule has 0 radical (unpaired) electrons. The molecular formula is C20H34O. The van der Waals surface area contributed by atoms with E-state index in [-0.39, 0.29) is 0 Å². The molecule has 2 fully saturated rings. The van der Waals surface area contributed by atoms with Gasteiger partial charge in [-0.1, -0.05) is 37.6 Å². The van der Waals surface area contributed by atoms with Crippen LogP contribution in [-0.4, -0.2) is 12.2 Å². The van der Waals surface area contributed by atoms with Crippen LogP contribution in [0.2, 0.25) is 0 Å². The number of rotatable bonds is 5. The zero-order valence-electron chi connectivity index (χ0n) is 14.5. The summed E-state index contributed by atoms with van der Waals surface area (Å²) in [6.07, 6.45) is 11.9. The Morgan fingerprint density at radius 3 is 2.86 bits per heavy atom. The summed E-state index contributed by atoms with van der Waals surface area (Å²) in [5, 5.41) is 0. The van der Waals surface area contributed by atoms with Gasteiger partial charge in [0.15, 0.2) is 0 Å². The molecule has 0 aromatic carbocycles. The number of hydrogen-bond donors (Lipinski definition) is 0. The van der Waals surface area contributed by atoms with Gasteiger partial charge in [-0.2, -0.15) is 0 Å². The van der Waals surface area contributed by atoms with Gasteiger partial charge < -0.3 is 4.74 Å². The molecule has 120 valence electrons. The summed E-state index contributed by atoms with van der Waals surface area (Å²) in [6, 6.07) is 0. The van der Waals surface area contributed by atoms with E-state index in [1.165, 1.54) is 49.7 Å². The first-order valence-electron chi connectivity index (χ1n) is 8.92. The Balaban J connectivity index is 1.81. The predicted molar refractivity (Wildman–Crippen MR) is 91.4 cm³/mol. The van der Waals surface area contributed by atoms with Crippen molar-refractivity contribution in [1.82, 2.24) is 0 Å². The van der Waals surface area contributed by atoms with Gasteiger partial charge in [0.1, 0.15) is 0 Å². The first-order chi connectivity index (χ1) is 9.95. The van der Waals surface area contributed by atoms with Crippen molar-refractivity contribution >= 4 is 0 Å². The molecule has 0 aromatic rings. The second-order valence-electron chi connectivity index (χ2n) is 7.88. The number of ether oxygens (including phenoxy) is 1. The molecule has 21 heavy (non-hydrogen) atoms. The molecule has 5 atom stereocenters. The minimum Gasteiger partial charge on any atom is -0.374 e. The monoisotopic (exact) mass is 290 g/mol. The van der Waals surface area contributed by atoms with Gasteiger partial charge in [0.05, 0.1) is 12.2 Å². The van der Waals surface area contributed by atoms with Crippen LogP contribution in [-0.2, 0) is 4.74 Å². The van der Waals surface area contributed by atoms with Crippen LogP contribution in [0.4, 0.5) is 0 Å². The van der Waals surface area contributed by atoms with Crippen LogP contribution in [0.3, 0.4) is 0 Å². The van der Waals surface area contributed by atoms with Crippen LogP contribution >= 0.6 is 0 Å². The summed E-state index contributed by atoms with van der Waals surface area (Å²) >= 11 is 0. The van der Waals surface area contributed by atoms with Gasteiger partial charge in [-0.05, 0) is 70.6 Å². The van der Waals surface area contributed by atoms with Gasteiger partial charge in [-0.3, -0.25) is 0 Å². The van der Waals surface area contributed by atoms with Crippen molar-refractivity contribution < 1.29 is 4.74 Å². The average molecular weight is 290 g/mol. The molecular weight excluding hydrogens is 256 g/mol. The largest absolute Gasteiger partial charge is 0.374 e. The third-order valence-electron chi connectivity index (χ3n) is 5.31. The molecule has 0 amide bonds. The van der Waals surface area contributed by atoms with E-state index in [1.807, 2.05) is 0 Å². The lowest BCUT2D eigenvalue weighted by Crippen LogP contribution is -2.40. The highest BCUT2D eigenvalue weighted by Gasteiger charge is 2.37. The Morgan fingerprint density at radius 2 is 2.14 bits per heavy atom. The lowest BCUT2D eigenvalue weighted by atomic mass is 9.74. The molecule has 1 saturated carbocycles. The summed E-state index contributed by atoms with van der Waals surface area (Å²) in [4.78, 5) is 0. The molecule has 1 heteroatoms. The van der Waals surface area contributed by atoms with E-state index in [1.54, 1.807) is 0 Å². The van der Waals surface area contributed by atoms with Crippen LogP contribution in [0.1, 0.15) is 72.6 Å². The Hall–Kier alpha value is -0.560. The zero-order chi connectivity index (χ0) is 15.4. The maximum absolute atomic E-state index is 6.45. The lowest BCUT2D eigenvalue weighted by molar-refractivity contribution is -0.0906. The van der Waals surface area contributed by atoms with E-state index in [4.69, 9.17) is 4.74 Å². The van der Waals surface area contributed by atoms with E-state index >= 15 is 0 Å². The van der Waals surface area contributed by atoms with E-state index in [0.717, 1.165) is 18.3 Å². The SMILES string of the molecule is C=C1CC(CC(C)CCC=C(C)C)OC2CC(C)CCC12. The molecule has 0 aromatic heterocycles. The van der Waals surface area contributed by atoms with Crippen molar-refractivity contribution in [3.8, 4) is 0 Å². The highest BCUT2D eigenvalue weighted by atomic mass is 16.5. The van der Waals surface area contributed by atoms with Gasteiger partial charge in [0.25, 0.3) is 0 Å². The van der Waals surface area contributed by atoms with Crippen molar-refractivity contribution in [3.63, 3.8) is 0 Å². The molecule has 1 aliphatic heterocycles. The summed E-state index contributed by atoms with van der Waals surface area (Å²) in [7, 11) is 0. The molecule has 2 aliphatic rings. The third-order valence-corrected chi connectivity index (χ3v) is 5.31. The molecule has 1 saturated heterocycles. The molecule has 1 aliphatic carbocycles. The molecule has 2 rings (SSSR count). The fourth-order valence-electron chi connectivity index (χ4n) is 4.05. The van der Waals surface area contributed by atoms with Crippen molar-refractivity contribution in [2.24, 2.45) is 17.8 Å². The maximum Gasteiger partial charge on any atom is 0.0646 e. The second-order valence-corrected chi connectivity index (χ2v) is 7.88. The summed E-state index contributed by atoms with van der Waals surface area (Å²) in [5.74, 6) is 2.22. The lowest BCUT2D eigenvalue weighted by Gasteiger charge is -2.43. The van der Waals surface area contributed by atoms with Crippen LogP contribution in [0.15, 0.2) is 23.8 Å². The Bertz CT molecular complexity index is 377. The summed E-state index contributed by atoms with van der Waals surface area (Å²) in [5.41, 5.74) is 2.91. The highest BCUT2D eigenvalue weighted by molar-refractivity contribution is 5.10. The normalized spacial score (nSPS) is 34.2. The molecule has 0 N–H and O–H groups in total. The second kappa shape index (κ2) is 7.63. The van der Waals surface area contributed by atoms with Crippen molar-refractivity contribution in [3.05, 3.63) is 23.8 Å². The topological polar surface area (TPSA) is 9.23 Å². The van der Waals surface area contributed by atoms with E-state index in [0.29, 0.717) is 18.1 Å². The first kappa shape index (κ1) is 16.8. The summed E-state index contributed by atoms with van der Waals surface area (Å²) in [6.45, 7) is 13.5. The van der Waals surface area contributed by atoms with Gasteiger partial charge >= 0.3 is 0 Å². The minimum atomic E-state index is 0.422. The predicted octanol–water partition coefficient (Wildman–Crippen LogP) is 5.91. The molecule has 0 spiro atoms. The van der Waals surface area contributed by atoms with Crippen LogP contribution < -0.4 is 0 Å². The van der Waals surface area contributed by atoms with E-state index in [2.05, 4.69) is 40.3 Å². The quantitative estimate of drug-likeness (QED) is 0.572. The highest BCUT2D eigenvalue weighted by Crippen LogP contribution is 2.41. The van der Waals surface area contributed by atoms with Crippen molar-refractivity contribution in [1.29, 1.82) is 0 Å². The van der Waals surface area contributed by atoms with Crippen LogP contribution in [0, 0.1) is 17.8 Å². The van der Waals surface area contributed by atoms with Crippen molar-refractivity contribution in [2.75, 3.05) is 0 Å². The first-order valence-corrected chi connectivity index (χ1v) is 8.92. The van der Waals surface area contributed by atoms with E-state index in [9.17, 15) is 0 Å². The number of allylic oxidation sites excluding steroid dienone is 2. The van der Waals surface area contributed by atoms with Gasteiger partial charge in [-0.15, -0.1) is 0 Å². The molecule has 1 heterocycles. The minimum absolute atomic E-state index is 0.422. The van der Waals surface area contributed by atoms with Crippen molar-refractivity contribution in [2.45, 2.75) is 84.8 Å². The number of hydrogen-bond acceptors (Lipinski definition) is 1. The Morgan fingerprint density at radius 1 is 1.38 bits per heavy atom. The summed E-state index contributed by atoms with van der Waals surface area (Å²) < 4.78 is 6.45. The van der Waals surface area contributed by atoms with Gasteiger partial charge in [0.2, 0.25) is 0 Å². The fraction of sp³-hybridized carbons (Fsp3) is 0.800. The van der Waals surface area contributed by atoms with Crippen LogP contribution in [0.25, 0.3) is 0 Å². The standard InChI is InChI=1S/C20H34O/c1-14(2)7-6-8-15(3)11-18-13-17(5)19-10-9-16(4)12-20(19)21-18/h7,15-16,18-20H,5-6,8-13H2,1-4H3. The average Bonchev–Trinajstić information content (AvgIpc) is 2.37. The number of fused-ring (bicyclic) bond motifs is 1. The Kier molecular flexibility index (Phi) is 6.10. The molecule has 5 unspecified atom stereocenters. The van der Waals surface area contributed by atoms with Gasteiger partial charge in [0, 0.05) is 5.92 Å².